The van der Waals surface area contributed by atoms with Crippen molar-refractivity contribution in [3.8, 4) is 0 Å². The number of hydrogen-bond donors (Lipinski definition) is 0. The molecular formula is C22H24N8O2. The van der Waals surface area contributed by atoms with E-state index in [1.54, 1.807) is 0 Å². The number of piperidine rings is 1. The molecule has 5 rings (SSSR count). The molecule has 1 aliphatic rings. The van der Waals surface area contributed by atoms with Crippen molar-refractivity contribution >= 4 is 23.1 Å². The predicted molar refractivity (Wildman–Crippen MR) is 117 cm³/mol. The molecule has 0 atom stereocenters. The third kappa shape index (κ3) is 3.79. The Morgan fingerprint density at radius 1 is 1.12 bits per heavy atom. The maximum atomic E-state index is 13.6. The fourth-order valence-electron chi connectivity index (χ4n) is 4.17. The van der Waals surface area contributed by atoms with Gasteiger partial charge in [0.05, 0.1) is 12.2 Å². The number of hydrogen-bond acceptors (Lipinski definition) is 8. The summed E-state index contributed by atoms with van der Waals surface area (Å²) < 4.78 is 6.75. The second-order valence-electron chi connectivity index (χ2n) is 8.04. The Hall–Kier alpha value is -3.82. The molecule has 0 saturated carbocycles. The normalized spacial score (nSPS) is 14.8. The number of aromatic nitrogens is 6. The van der Waals surface area contributed by atoms with Crippen molar-refractivity contribution in [1.82, 2.24) is 30.4 Å². The van der Waals surface area contributed by atoms with Gasteiger partial charge in [0.15, 0.2) is 11.5 Å². The zero-order valence-electron chi connectivity index (χ0n) is 18.0. The first kappa shape index (κ1) is 20.1. The van der Waals surface area contributed by atoms with Crippen molar-refractivity contribution in [1.29, 1.82) is 0 Å². The van der Waals surface area contributed by atoms with E-state index < -0.39 is 0 Å². The molecular weight excluding hydrogens is 408 g/mol. The van der Waals surface area contributed by atoms with Gasteiger partial charge in [-0.25, -0.2) is 0 Å². The lowest BCUT2D eigenvalue weighted by Crippen LogP contribution is -2.43. The molecule has 0 radical (unpaired) electrons. The quantitative estimate of drug-likeness (QED) is 0.474. The summed E-state index contributed by atoms with van der Waals surface area (Å²) in [6.07, 6.45) is 1.50. The van der Waals surface area contributed by atoms with Crippen molar-refractivity contribution in [2.24, 2.45) is 5.92 Å². The van der Waals surface area contributed by atoms with Gasteiger partial charge in [-0.15, -0.1) is 14.8 Å². The largest absolute Gasteiger partial charge is 0.361 e. The monoisotopic (exact) mass is 432 g/mol. The molecule has 1 aromatic carbocycles. The highest BCUT2D eigenvalue weighted by Gasteiger charge is 2.31. The molecule has 1 saturated heterocycles. The number of tetrazole rings is 1. The zero-order valence-corrected chi connectivity index (χ0v) is 18.0. The molecule has 4 heterocycles. The smallest absolute Gasteiger partial charge is 0.230 e. The van der Waals surface area contributed by atoms with Crippen LogP contribution in [0.2, 0.25) is 0 Å². The fraction of sp³-hybridized carbons (Fsp3) is 0.364. The van der Waals surface area contributed by atoms with Crippen LogP contribution >= 0.6 is 0 Å². The molecule has 32 heavy (non-hydrogen) atoms. The van der Waals surface area contributed by atoms with E-state index in [0.29, 0.717) is 12.2 Å². The number of carbonyl (C=O) groups excluding carboxylic acids is 1. The topological polar surface area (TPSA) is 106 Å². The van der Waals surface area contributed by atoms with Crippen LogP contribution in [-0.4, -0.2) is 49.4 Å². The lowest BCUT2D eigenvalue weighted by molar-refractivity contribution is -0.123. The molecule has 1 amide bonds. The van der Waals surface area contributed by atoms with E-state index in [0.717, 1.165) is 54.5 Å². The van der Waals surface area contributed by atoms with Gasteiger partial charge in [-0.05, 0) is 61.4 Å². The van der Waals surface area contributed by atoms with Gasteiger partial charge in [0.2, 0.25) is 5.91 Å². The first-order valence-corrected chi connectivity index (χ1v) is 10.7. The van der Waals surface area contributed by atoms with Gasteiger partial charge in [0, 0.05) is 30.3 Å². The Kier molecular flexibility index (Phi) is 5.26. The Bertz CT molecular complexity index is 1210. The van der Waals surface area contributed by atoms with Crippen molar-refractivity contribution in [3.63, 3.8) is 0 Å². The maximum absolute atomic E-state index is 13.6. The Balaban J connectivity index is 1.33. The summed E-state index contributed by atoms with van der Waals surface area (Å²) in [6.45, 7) is 5.72. The number of nitrogens with zero attached hydrogens (tertiary/aromatic N) is 8. The Morgan fingerprint density at radius 2 is 1.91 bits per heavy atom. The maximum Gasteiger partial charge on any atom is 0.230 e. The molecule has 0 aliphatic carbocycles. The minimum Gasteiger partial charge on any atom is -0.361 e. The van der Waals surface area contributed by atoms with Gasteiger partial charge in [-0.1, -0.05) is 23.4 Å². The molecule has 0 N–H and O–H groups in total. The van der Waals surface area contributed by atoms with Crippen LogP contribution in [0.5, 0.6) is 0 Å². The number of benzene rings is 1. The summed E-state index contributed by atoms with van der Waals surface area (Å²) in [6, 6.07) is 13.6. The van der Waals surface area contributed by atoms with Gasteiger partial charge < -0.3 is 14.3 Å². The molecule has 1 aliphatic heterocycles. The van der Waals surface area contributed by atoms with Crippen LogP contribution < -0.4 is 9.80 Å². The SMILES string of the molecule is Cc1noc(C)c1CN(C(=O)C1CCN(c2ccc3nnnn3n2)CC1)c1ccccc1. The van der Waals surface area contributed by atoms with E-state index in [2.05, 4.69) is 30.7 Å². The number of carbonyl (C=O) groups is 1. The first-order chi connectivity index (χ1) is 15.6. The number of rotatable bonds is 5. The van der Waals surface area contributed by atoms with E-state index in [1.807, 2.05) is 61.2 Å². The number of anilines is 2. The highest BCUT2D eigenvalue weighted by molar-refractivity contribution is 5.95. The molecule has 10 nitrogen and oxygen atoms in total. The van der Waals surface area contributed by atoms with Gasteiger partial charge in [-0.3, -0.25) is 4.79 Å². The van der Waals surface area contributed by atoms with Gasteiger partial charge in [0.25, 0.3) is 0 Å². The van der Waals surface area contributed by atoms with Crippen LogP contribution in [0, 0.1) is 19.8 Å². The van der Waals surface area contributed by atoms with Crippen molar-refractivity contribution in [3.05, 3.63) is 59.5 Å². The fourth-order valence-corrected chi connectivity index (χ4v) is 4.17. The van der Waals surface area contributed by atoms with Crippen LogP contribution in [0.4, 0.5) is 11.5 Å². The Labute approximate surface area is 184 Å². The summed E-state index contributed by atoms with van der Waals surface area (Å²) >= 11 is 0. The Morgan fingerprint density at radius 3 is 2.62 bits per heavy atom. The number of fused-ring (bicyclic) bond motifs is 1. The number of aryl methyl sites for hydroxylation is 2. The molecule has 3 aromatic heterocycles. The van der Waals surface area contributed by atoms with Crippen LogP contribution in [0.3, 0.4) is 0 Å². The van der Waals surface area contributed by atoms with Gasteiger partial charge in [-0.2, -0.15) is 0 Å². The third-order valence-corrected chi connectivity index (χ3v) is 6.06. The summed E-state index contributed by atoms with van der Waals surface area (Å²) in [7, 11) is 0. The molecule has 0 spiro atoms. The second-order valence-corrected chi connectivity index (χ2v) is 8.04. The highest BCUT2D eigenvalue weighted by atomic mass is 16.5. The lowest BCUT2D eigenvalue weighted by atomic mass is 9.94. The highest BCUT2D eigenvalue weighted by Crippen LogP contribution is 2.28. The van der Waals surface area contributed by atoms with E-state index in [4.69, 9.17) is 4.52 Å². The van der Waals surface area contributed by atoms with Crippen LogP contribution in [-0.2, 0) is 11.3 Å². The minimum absolute atomic E-state index is 0.0660. The summed E-state index contributed by atoms with van der Waals surface area (Å²) in [4.78, 5) is 17.7. The van der Waals surface area contributed by atoms with Gasteiger partial charge >= 0.3 is 0 Å². The van der Waals surface area contributed by atoms with E-state index in [9.17, 15) is 4.79 Å². The standard InChI is InChI=1S/C22H24N8O2/c1-15-19(16(2)32-25-15)14-29(18-6-4-3-5-7-18)22(31)17-10-12-28(13-11-17)21-9-8-20-23-26-27-30(20)24-21/h3-9,17H,10-14H2,1-2H3. The van der Waals surface area contributed by atoms with E-state index in [1.165, 1.54) is 4.63 Å². The number of amides is 1. The van der Waals surface area contributed by atoms with Crippen molar-refractivity contribution in [2.75, 3.05) is 22.9 Å². The minimum atomic E-state index is -0.0660. The van der Waals surface area contributed by atoms with Crippen molar-refractivity contribution in [2.45, 2.75) is 33.2 Å². The van der Waals surface area contributed by atoms with Crippen LogP contribution in [0.15, 0.2) is 47.0 Å². The molecule has 10 heteroatoms. The van der Waals surface area contributed by atoms with Crippen LogP contribution in [0.1, 0.15) is 29.9 Å². The average molecular weight is 432 g/mol. The van der Waals surface area contributed by atoms with E-state index >= 15 is 0 Å². The molecule has 0 unspecified atom stereocenters. The first-order valence-electron chi connectivity index (χ1n) is 10.7. The third-order valence-electron chi connectivity index (χ3n) is 6.06. The lowest BCUT2D eigenvalue weighted by Gasteiger charge is -2.34. The molecule has 1 fully saturated rings. The summed E-state index contributed by atoms with van der Waals surface area (Å²) in [5.41, 5.74) is 3.26. The van der Waals surface area contributed by atoms with E-state index in [-0.39, 0.29) is 11.8 Å². The molecule has 0 bridgehead atoms. The average Bonchev–Trinajstić information content (AvgIpc) is 3.43. The molecule has 4 aromatic rings. The second kappa shape index (κ2) is 8.37. The van der Waals surface area contributed by atoms with Crippen molar-refractivity contribution < 1.29 is 9.32 Å². The van der Waals surface area contributed by atoms with Crippen LogP contribution in [0.25, 0.3) is 5.65 Å². The summed E-state index contributed by atoms with van der Waals surface area (Å²) in [5, 5.41) is 19.9. The number of para-hydroxylation sites is 1. The zero-order chi connectivity index (χ0) is 22.1. The summed E-state index contributed by atoms with van der Waals surface area (Å²) in [5.74, 6) is 1.62. The van der Waals surface area contributed by atoms with Gasteiger partial charge in [0.1, 0.15) is 5.76 Å². The molecule has 164 valence electrons. The predicted octanol–water partition coefficient (Wildman–Crippen LogP) is 2.57.